The fraction of sp³-hybridized carbons (Fsp3) is 0. The summed E-state index contributed by atoms with van der Waals surface area (Å²) in [6.07, 6.45) is 0. The molecule has 2 heterocycles. The van der Waals surface area contributed by atoms with Crippen LogP contribution in [-0.4, -0.2) is 27.6 Å². The van der Waals surface area contributed by atoms with Gasteiger partial charge in [-0.25, -0.2) is 0 Å². The average molecular weight is 615 g/mol. The maximum atomic E-state index is 6.59. The first-order valence-electron chi connectivity index (χ1n) is 14.9. The van der Waals surface area contributed by atoms with Crippen molar-refractivity contribution in [3.8, 4) is 17.3 Å². The summed E-state index contributed by atoms with van der Waals surface area (Å²) in [4.78, 5) is 14.2. The van der Waals surface area contributed by atoms with Crippen LogP contribution < -0.4 is 20.7 Å². The highest BCUT2D eigenvalue weighted by atomic mass is 35.5. The maximum Gasteiger partial charge on any atom is 0.239 e. The third-order valence-corrected chi connectivity index (χ3v) is 13.5. The van der Waals surface area contributed by atoms with Crippen LogP contribution in [0, 0.1) is 0 Å². The summed E-state index contributed by atoms with van der Waals surface area (Å²) in [5.41, 5.74) is 2.92. The number of benzene rings is 6. The molecule has 0 saturated carbocycles. The van der Waals surface area contributed by atoms with Crippen molar-refractivity contribution in [1.82, 2.24) is 19.5 Å². The van der Waals surface area contributed by atoms with E-state index in [-0.39, 0.29) is 5.28 Å². The molecule has 0 radical (unpaired) electrons. The van der Waals surface area contributed by atoms with E-state index < -0.39 is 8.07 Å². The minimum absolute atomic E-state index is 0.155. The van der Waals surface area contributed by atoms with Crippen molar-refractivity contribution in [2.45, 2.75) is 0 Å². The van der Waals surface area contributed by atoms with Gasteiger partial charge in [0.25, 0.3) is 0 Å². The molecule has 0 fully saturated rings. The Bertz CT molecular complexity index is 2180. The van der Waals surface area contributed by atoms with Crippen molar-refractivity contribution >= 4 is 62.2 Å². The first-order valence-corrected chi connectivity index (χ1v) is 17.3. The molecule has 8 rings (SSSR count). The standard InChI is InChI=1S/C39H27ClN4Si/c40-38-41-37(28-15-5-1-6-16-28)42-39(43-38)44-35-24-14-13-23-33(35)34-26-25-32(27-36(34)44)45(29-17-7-2-8-18-29,30-19-9-3-10-20-30)31-21-11-4-12-22-31/h1-27H. The number of fused-ring (bicyclic) bond motifs is 3. The van der Waals surface area contributed by atoms with Crippen molar-refractivity contribution in [1.29, 1.82) is 0 Å². The van der Waals surface area contributed by atoms with E-state index in [2.05, 4.69) is 148 Å². The molecule has 0 aliphatic heterocycles. The summed E-state index contributed by atoms with van der Waals surface area (Å²) < 4.78 is 2.13. The zero-order valence-corrected chi connectivity index (χ0v) is 26.0. The van der Waals surface area contributed by atoms with Crippen LogP contribution in [0.15, 0.2) is 164 Å². The second kappa shape index (κ2) is 11.3. The number of halogens is 1. The topological polar surface area (TPSA) is 43.6 Å². The summed E-state index contributed by atoms with van der Waals surface area (Å²) in [5, 5.41) is 7.64. The molecule has 214 valence electrons. The van der Waals surface area contributed by atoms with E-state index in [0.29, 0.717) is 11.8 Å². The molecule has 2 aromatic heterocycles. The lowest BCUT2D eigenvalue weighted by Gasteiger charge is -2.34. The van der Waals surface area contributed by atoms with Gasteiger partial charge in [-0.2, -0.15) is 15.0 Å². The molecular formula is C39H27ClN4Si. The summed E-state index contributed by atoms with van der Waals surface area (Å²) in [6.45, 7) is 0. The number of hydrogen-bond donors (Lipinski definition) is 0. The van der Waals surface area contributed by atoms with Crippen molar-refractivity contribution in [3.05, 3.63) is 169 Å². The van der Waals surface area contributed by atoms with Gasteiger partial charge in [0.2, 0.25) is 11.2 Å². The van der Waals surface area contributed by atoms with Crippen molar-refractivity contribution < 1.29 is 0 Å². The van der Waals surface area contributed by atoms with Gasteiger partial charge in [0.1, 0.15) is 0 Å². The highest BCUT2D eigenvalue weighted by molar-refractivity contribution is 7.20. The molecule has 0 atom stereocenters. The molecule has 6 heteroatoms. The number of para-hydroxylation sites is 1. The van der Waals surface area contributed by atoms with Crippen LogP contribution in [0.4, 0.5) is 0 Å². The van der Waals surface area contributed by atoms with E-state index in [4.69, 9.17) is 16.6 Å². The van der Waals surface area contributed by atoms with Crippen LogP contribution >= 0.6 is 11.6 Å². The molecule has 0 aliphatic carbocycles. The van der Waals surface area contributed by atoms with Crippen molar-refractivity contribution in [2.75, 3.05) is 0 Å². The Morgan fingerprint density at radius 3 is 1.56 bits per heavy atom. The Morgan fingerprint density at radius 2 is 0.956 bits per heavy atom. The molecule has 0 bridgehead atoms. The smallest absolute Gasteiger partial charge is 0.239 e. The zero-order chi connectivity index (χ0) is 30.2. The van der Waals surface area contributed by atoms with Crippen molar-refractivity contribution in [2.24, 2.45) is 0 Å². The monoisotopic (exact) mass is 614 g/mol. The van der Waals surface area contributed by atoms with Crippen molar-refractivity contribution in [3.63, 3.8) is 0 Å². The number of rotatable bonds is 6. The molecule has 0 unspecified atom stereocenters. The lowest BCUT2D eigenvalue weighted by molar-refractivity contribution is 0.947. The third kappa shape index (κ3) is 4.56. The highest BCUT2D eigenvalue weighted by Crippen LogP contribution is 2.31. The molecule has 6 aromatic carbocycles. The highest BCUT2D eigenvalue weighted by Gasteiger charge is 2.41. The van der Waals surface area contributed by atoms with Gasteiger partial charge in [0.05, 0.1) is 11.0 Å². The van der Waals surface area contributed by atoms with Crippen LogP contribution in [0.2, 0.25) is 5.28 Å². The second-order valence-corrected chi connectivity index (χ2v) is 15.2. The Labute approximate surface area is 267 Å². The lowest BCUT2D eigenvalue weighted by Crippen LogP contribution is -2.74. The SMILES string of the molecule is Clc1nc(-c2ccccc2)nc(-n2c3ccccc3c3ccc([Si](c4ccccc4)(c4ccccc4)c4ccccc4)cc32)n1. The molecule has 8 aromatic rings. The summed E-state index contributed by atoms with van der Waals surface area (Å²) >= 11 is 6.59. The normalized spacial score (nSPS) is 11.7. The van der Waals surface area contributed by atoms with Gasteiger partial charge in [-0.15, -0.1) is 0 Å². The van der Waals surface area contributed by atoms with E-state index in [0.717, 1.165) is 27.4 Å². The number of aromatic nitrogens is 4. The fourth-order valence-electron chi connectivity index (χ4n) is 6.64. The van der Waals surface area contributed by atoms with Crippen LogP contribution in [0.25, 0.3) is 39.1 Å². The van der Waals surface area contributed by atoms with Crippen LogP contribution in [0.3, 0.4) is 0 Å². The minimum atomic E-state index is -2.76. The summed E-state index contributed by atoms with van der Waals surface area (Å²) in [5.74, 6) is 1.03. The Kier molecular flexibility index (Phi) is 6.82. The quantitative estimate of drug-likeness (QED) is 0.155. The van der Waals surface area contributed by atoms with E-state index in [9.17, 15) is 0 Å². The Morgan fingerprint density at radius 1 is 0.444 bits per heavy atom. The molecule has 4 nitrogen and oxygen atoms in total. The molecule has 0 spiro atoms. The van der Waals surface area contributed by atoms with E-state index in [1.807, 2.05) is 30.3 Å². The molecule has 0 saturated heterocycles. The van der Waals surface area contributed by atoms with Gasteiger partial charge in [0, 0.05) is 16.3 Å². The van der Waals surface area contributed by atoms with Crippen LogP contribution in [0.1, 0.15) is 0 Å². The molecular weight excluding hydrogens is 588 g/mol. The van der Waals surface area contributed by atoms with Gasteiger partial charge in [-0.05, 0) is 44.5 Å². The zero-order valence-electron chi connectivity index (χ0n) is 24.3. The fourth-order valence-corrected chi connectivity index (χ4v) is 11.6. The molecule has 0 aliphatic rings. The lowest BCUT2D eigenvalue weighted by atomic mass is 10.1. The van der Waals surface area contributed by atoms with E-state index in [1.54, 1.807) is 0 Å². The van der Waals surface area contributed by atoms with Gasteiger partial charge < -0.3 is 0 Å². The maximum absolute atomic E-state index is 6.59. The number of nitrogens with zero attached hydrogens (tertiary/aromatic N) is 4. The van der Waals surface area contributed by atoms with Gasteiger partial charge in [0.15, 0.2) is 13.9 Å². The van der Waals surface area contributed by atoms with Gasteiger partial charge in [-0.3, -0.25) is 4.57 Å². The van der Waals surface area contributed by atoms with Gasteiger partial charge in [-0.1, -0.05) is 152 Å². The average Bonchev–Trinajstić information content (AvgIpc) is 3.44. The first kappa shape index (κ1) is 27.2. The van der Waals surface area contributed by atoms with E-state index in [1.165, 1.54) is 20.7 Å². The molecule has 0 amide bonds. The first-order chi connectivity index (χ1) is 22.2. The molecule has 45 heavy (non-hydrogen) atoms. The van der Waals surface area contributed by atoms with E-state index >= 15 is 0 Å². The third-order valence-electron chi connectivity index (χ3n) is 8.56. The van der Waals surface area contributed by atoms with Crippen LogP contribution in [-0.2, 0) is 0 Å². The van der Waals surface area contributed by atoms with Gasteiger partial charge >= 0.3 is 0 Å². The Balaban J connectivity index is 1.47. The number of hydrogen-bond acceptors (Lipinski definition) is 3. The minimum Gasteiger partial charge on any atom is -0.278 e. The predicted molar refractivity (Wildman–Crippen MR) is 188 cm³/mol. The summed E-state index contributed by atoms with van der Waals surface area (Å²) in [6, 6.07) is 58.1. The molecule has 0 N–H and O–H groups in total. The largest absolute Gasteiger partial charge is 0.278 e. The Hall–Kier alpha value is -5.36. The van der Waals surface area contributed by atoms with Crippen LogP contribution in [0.5, 0.6) is 0 Å². The predicted octanol–water partition coefficient (Wildman–Crippen LogP) is 6.67. The second-order valence-electron chi connectivity index (χ2n) is 11.0. The summed E-state index contributed by atoms with van der Waals surface area (Å²) in [7, 11) is -2.76.